The Morgan fingerprint density at radius 3 is 2.26 bits per heavy atom. The van der Waals surface area contributed by atoms with Crippen LogP contribution in [0.3, 0.4) is 0 Å². The van der Waals surface area contributed by atoms with Crippen molar-refractivity contribution in [1.29, 1.82) is 0 Å². The van der Waals surface area contributed by atoms with Gasteiger partial charge in [-0.2, -0.15) is 0 Å². The lowest BCUT2D eigenvalue weighted by molar-refractivity contribution is -0.478. The van der Waals surface area contributed by atoms with Crippen LogP contribution in [-0.2, 0) is 47.6 Å². The van der Waals surface area contributed by atoms with E-state index in [1.165, 1.54) is 26.4 Å². The molecule has 0 radical (unpaired) electrons. The number of aliphatic hydroxyl groups is 2. The van der Waals surface area contributed by atoms with E-state index >= 15 is 0 Å². The van der Waals surface area contributed by atoms with Crippen molar-refractivity contribution >= 4 is 23.9 Å². The van der Waals surface area contributed by atoms with Crippen LogP contribution < -0.4 is 0 Å². The molecule has 13 atom stereocenters. The number of esters is 3. The smallest absolute Gasteiger partial charge is 0.338 e. The normalized spacial score (nSPS) is 50.5. The highest BCUT2D eigenvalue weighted by atomic mass is 16.9. The Morgan fingerprint density at radius 1 is 1.00 bits per heavy atom. The molecule has 4 saturated carbocycles. The summed E-state index contributed by atoms with van der Waals surface area (Å²) in [6.07, 6.45) is -1.19. The summed E-state index contributed by atoms with van der Waals surface area (Å²) >= 11 is 0. The molecule has 3 N–H and O–H groups in total. The molecule has 8 rings (SSSR count). The summed E-state index contributed by atoms with van der Waals surface area (Å²) in [5, 5.41) is 35.9. The first kappa shape index (κ1) is 33.7. The van der Waals surface area contributed by atoms with E-state index in [2.05, 4.69) is 0 Å². The van der Waals surface area contributed by atoms with E-state index in [0.29, 0.717) is 5.56 Å². The van der Waals surface area contributed by atoms with E-state index in [4.69, 9.17) is 32.8 Å². The molecule has 3 spiro atoms. The van der Waals surface area contributed by atoms with Crippen molar-refractivity contribution in [2.24, 2.45) is 34.0 Å². The summed E-state index contributed by atoms with van der Waals surface area (Å²) in [5.74, 6) is -8.18. The number of carbonyl (C=O) groups is 4. The number of rotatable bonds is 7. The highest BCUT2D eigenvalue weighted by molar-refractivity contribution is 5.92. The molecule has 0 aromatic carbocycles. The van der Waals surface area contributed by atoms with Gasteiger partial charge in [-0.3, -0.25) is 14.4 Å². The van der Waals surface area contributed by atoms with Crippen molar-refractivity contribution in [1.82, 2.24) is 0 Å². The van der Waals surface area contributed by atoms with Crippen molar-refractivity contribution in [2.45, 2.75) is 128 Å². The number of carboxylic acids is 1. The Morgan fingerprint density at radius 2 is 1.68 bits per heavy atom. The van der Waals surface area contributed by atoms with Gasteiger partial charge in [-0.1, -0.05) is 34.6 Å². The van der Waals surface area contributed by atoms with Gasteiger partial charge < -0.3 is 48.2 Å². The van der Waals surface area contributed by atoms with Gasteiger partial charge in [0.25, 0.3) is 5.97 Å². The lowest BCUT2D eigenvalue weighted by atomic mass is 9.33. The van der Waals surface area contributed by atoms with E-state index in [1.807, 2.05) is 13.8 Å². The van der Waals surface area contributed by atoms with Crippen LogP contribution in [-0.4, -0.2) is 79.8 Å². The summed E-state index contributed by atoms with van der Waals surface area (Å²) in [6, 6.07) is 1.65. The maximum absolute atomic E-state index is 14.6. The van der Waals surface area contributed by atoms with E-state index < -0.39 is 105 Å². The number of hydrogen-bond acceptors (Lipinski definition) is 13. The monoisotopic (exact) mass is 700 g/mol. The van der Waals surface area contributed by atoms with Gasteiger partial charge in [0.15, 0.2) is 17.3 Å². The van der Waals surface area contributed by atoms with Crippen LogP contribution >= 0.6 is 0 Å². The summed E-state index contributed by atoms with van der Waals surface area (Å²) in [6.45, 7) is 12.9. The Kier molecular flexibility index (Phi) is 6.39. The Labute approximate surface area is 288 Å². The number of carboxylic acid groups (broad SMARTS) is 1. The number of aliphatic hydroxyl groups excluding tert-OH is 1. The molecule has 14 nitrogen and oxygen atoms in total. The summed E-state index contributed by atoms with van der Waals surface area (Å²) < 4.78 is 44.9. The van der Waals surface area contributed by atoms with Crippen LogP contribution in [0.4, 0.5) is 0 Å². The minimum atomic E-state index is -2.29. The van der Waals surface area contributed by atoms with Crippen LogP contribution in [0.1, 0.15) is 92.7 Å². The molecular formula is C36H44O14. The number of carbonyl (C=O) groups excluding carboxylic acids is 3. The highest BCUT2D eigenvalue weighted by Gasteiger charge is 3.04. The van der Waals surface area contributed by atoms with Crippen molar-refractivity contribution in [3.63, 3.8) is 0 Å². The van der Waals surface area contributed by atoms with Crippen LogP contribution in [0.15, 0.2) is 34.3 Å². The van der Waals surface area contributed by atoms with Crippen molar-refractivity contribution < 1.29 is 67.3 Å². The average molecular weight is 701 g/mol. The van der Waals surface area contributed by atoms with Gasteiger partial charge in [0, 0.05) is 60.8 Å². The first-order valence-corrected chi connectivity index (χ1v) is 17.2. The molecule has 0 amide bonds. The Hall–Kier alpha value is -3.46. The minimum Gasteiger partial charge on any atom is -0.511 e. The zero-order chi connectivity index (χ0) is 36.4. The molecule has 4 bridgehead atoms. The molecule has 50 heavy (non-hydrogen) atoms. The number of allylic oxidation sites excluding steroid dienone is 1. The van der Waals surface area contributed by atoms with E-state index in [0.717, 1.165) is 0 Å². The van der Waals surface area contributed by atoms with Crippen LogP contribution in [0.2, 0.25) is 0 Å². The molecule has 7 fully saturated rings. The first-order chi connectivity index (χ1) is 23.2. The van der Waals surface area contributed by atoms with Gasteiger partial charge in [0.1, 0.15) is 29.2 Å². The molecule has 3 aliphatic heterocycles. The molecule has 14 heteroatoms. The van der Waals surface area contributed by atoms with Gasteiger partial charge in [0.05, 0.1) is 18.1 Å². The van der Waals surface area contributed by atoms with Crippen molar-refractivity contribution in [3.8, 4) is 0 Å². The predicted molar refractivity (Wildman–Crippen MR) is 165 cm³/mol. The van der Waals surface area contributed by atoms with Gasteiger partial charge in [-0.25, -0.2) is 4.79 Å². The quantitative estimate of drug-likeness (QED) is 0.160. The van der Waals surface area contributed by atoms with E-state index in [-0.39, 0.29) is 37.0 Å². The standard InChI is InChI=1S/C36H44O14/c1-16(2)23(41)22-24-29(5,25(45-17(3)37)19-9-12-44-14-19)10-11-33-31(7)20(13-21(39)40)30(6)15-34(31)35(43,27(30)46-18(4)38)28(47-26(22)42)36(24,33)50-32(8,48-33)49-34/h9,12,14,16,20,24-25,27-28,41,43H,10-11,13,15H2,1-8H3,(H,39,40)/b23-22-. The molecule has 1 aromatic rings. The van der Waals surface area contributed by atoms with Crippen LogP contribution in [0, 0.1) is 34.0 Å². The number of fused-ring (bicyclic) bond motifs is 3. The van der Waals surface area contributed by atoms with Crippen molar-refractivity contribution in [3.05, 3.63) is 35.5 Å². The number of aliphatic carboxylic acids is 1. The summed E-state index contributed by atoms with van der Waals surface area (Å²) in [7, 11) is 0. The van der Waals surface area contributed by atoms with Gasteiger partial charge in [0.2, 0.25) is 0 Å². The SMILES string of the molecule is CC(=O)OC(c1ccoc1)C1(C)CCC23OC4(C)OC25C1/C(=C(/O)C(C)C)C(=O)OC5C1(O)C(OC(C)=O)C2(C)CC1(O4)C3(C)C2CC(=O)O. The molecule has 3 saturated heterocycles. The lowest BCUT2D eigenvalue weighted by Gasteiger charge is -2.77. The number of ether oxygens (including phenoxy) is 6. The fourth-order valence-electron chi connectivity index (χ4n) is 12.8. The first-order valence-electron chi connectivity index (χ1n) is 17.2. The third-order valence-corrected chi connectivity index (χ3v) is 14.0. The van der Waals surface area contributed by atoms with E-state index in [1.54, 1.807) is 33.8 Å². The van der Waals surface area contributed by atoms with Crippen molar-refractivity contribution in [2.75, 3.05) is 0 Å². The lowest BCUT2D eigenvalue weighted by Crippen LogP contribution is -2.94. The molecule has 4 aliphatic carbocycles. The fourth-order valence-corrected chi connectivity index (χ4v) is 12.8. The zero-order valence-electron chi connectivity index (χ0n) is 29.4. The topological polar surface area (TPSA) is 197 Å². The number of hydrogen-bond donors (Lipinski definition) is 3. The second-order valence-corrected chi connectivity index (χ2v) is 16.7. The molecule has 4 heterocycles. The molecule has 272 valence electrons. The van der Waals surface area contributed by atoms with E-state index in [9.17, 15) is 34.5 Å². The molecule has 7 aliphatic rings. The second-order valence-electron chi connectivity index (χ2n) is 16.7. The third-order valence-electron chi connectivity index (χ3n) is 14.0. The maximum atomic E-state index is 14.6. The van der Waals surface area contributed by atoms with Gasteiger partial charge >= 0.3 is 23.9 Å². The fraction of sp³-hybridized carbons (Fsp3) is 0.722. The Balaban J connectivity index is 1.51. The van der Waals surface area contributed by atoms with Crippen LogP contribution in [0.25, 0.3) is 0 Å². The third kappa shape index (κ3) is 3.28. The zero-order valence-corrected chi connectivity index (χ0v) is 29.4. The highest BCUT2D eigenvalue weighted by Crippen LogP contribution is 2.90. The second kappa shape index (κ2) is 9.50. The minimum absolute atomic E-state index is 0.0457. The summed E-state index contributed by atoms with van der Waals surface area (Å²) in [4.78, 5) is 53.0. The van der Waals surface area contributed by atoms with Gasteiger partial charge in [-0.15, -0.1) is 0 Å². The van der Waals surface area contributed by atoms with Crippen LogP contribution in [0.5, 0.6) is 0 Å². The Bertz CT molecular complexity index is 1770. The average Bonchev–Trinajstić information content (AvgIpc) is 3.70. The molecular weight excluding hydrogens is 656 g/mol. The molecule has 1 aromatic heterocycles. The molecule has 13 unspecified atom stereocenters. The summed E-state index contributed by atoms with van der Waals surface area (Å²) in [5.41, 5.74) is -10.9. The predicted octanol–water partition coefficient (Wildman–Crippen LogP) is 3.86. The number of furan rings is 1. The largest absolute Gasteiger partial charge is 0.511 e. The maximum Gasteiger partial charge on any atom is 0.338 e. The van der Waals surface area contributed by atoms with Gasteiger partial charge in [-0.05, 0) is 31.2 Å².